The number of hydrogen-bond donors (Lipinski definition) is 3. The van der Waals surface area contributed by atoms with Crippen LogP contribution in [0.4, 0.5) is 17.1 Å². The Morgan fingerprint density at radius 3 is 2.24 bits per heavy atom. The number of nitrogens with one attached hydrogen (secondary N) is 3. The number of para-hydroxylation sites is 2. The fraction of sp³-hybridized carbons (Fsp3) is 0.259. The highest BCUT2D eigenvalue weighted by atomic mass is 16.5. The number of aryl methyl sites for hydroxylation is 1. The molecule has 0 aromatic heterocycles. The predicted octanol–water partition coefficient (Wildman–Crippen LogP) is 4.72. The minimum Gasteiger partial charge on any atom is -0.489 e. The van der Waals surface area contributed by atoms with Crippen molar-refractivity contribution in [1.82, 2.24) is 0 Å². The first kappa shape index (κ1) is 24.8. The van der Waals surface area contributed by atoms with Gasteiger partial charge in [-0.1, -0.05) is 42.5 Å². The van der Waals surface area contributed by atoms with Crippen molar-refractivity contribution in [2.24, 2.45) is 0 Å². The molecule has 0 radical (unpaired) electrons. The number of carbonyl (C=O) groups excluding carboxylic acids is 2. The van der Waals surface area contributed by atoms with E-state index in [2.05, 4.69) is 16.0 Å². The number of benzene rings is 3. The molecule has 0 bridgehead atoms. The van der Waals surface area contributed by atoms with Crippen LogP contribution in [0.15, 0.2) is 78.9 Å². The lowest BCUT2D eigenvalue weighted by atomic mass is 10.1. The molecule has 3 N–H and O–H groups in total. The van der Waals surface area contributed by atoms with Crippen LogP contribution in [0.2, 0.25) is 0 Å². The molecule has 178 valence electrons. The monoisotopic (exact) mass is 461 g/mol. The van der Waals surface area contributed by atoms with Crippen molar-refractivity contribution in [2.45, 2.75) is 19.8 Å². The maximum absolute atomic E-state index is 12.4. The Hall–Kier alpha value is -3.84. The van der Waals surface area contributed by atoms with E-state index in [9.17, 15) is 9.59 Å². The third-order valence-corrected chi connectivity index (χ3v) is 4.96. The van der Waals surface area contributed by atoms with E-state index >= 15 is 0 Å². The minimum absolute atomic E-state index is 0.0360. The molecule has 0 aliphatic carbocycles. The Morgan fingerprint density at radius 1 is 0.765 bits per heavy atom. The lowest BCUT2D eigenvalue weighted by Gasteiger charge is -2.13. The molecule has 0 atom stereocenters. The van der Waals surface area contributed by atoms with Gasteiger partial charge in [0.2, 0.25) is 11.8 Å². The third kappa shape index (κ3) is 8.60. The fourth-order valence-electron chi connectivity index (χ4n) is 3.22. The molecule has 3 aromatic rings. The van der Waals surface area contributed by atoms with Crippen molar-refractivity contribution in [3.8, 4) is 5.75 Å². The van der Waals surface area contributed by atoms with Crippen molar-refractivity contribution in [3.05, 3.63) is 84.4 Å². The van der Waals surface area contributed by atoms with E-state index in [1.54, 1.807) is 6.07 Å². The van der Waals surface area contributed by atoms with Crippen molar-refractivity contribution >= 4 is 28.9 Å². The molecule has 7 heteroatoms. The SMILES string of the molecule is CCOCCOc1ccccc1NC(=O)CNc1ccc(NC(=O)CCc2ccccc2)cc1. The van der Waals surface area contributed by atoms with Gasteiger partial charge in [0.1, 0.15) is 12.4 Å². The Kier molecular flexibility index (Phi) is 9.95. The van der Waals surface area contributed by atoms with Gasteiger partial charge in [-0.2, -0.15) is 0 Å². The summed E-state index contributed by atoms with van der Waals surface area (Å²) in [5, 5.41) is 8.85. The van der Waals surface area contributed by atoms with E-state index in [0.717, 1.165) is 11.3 Å². The van der Waals surface area contributed by atoms with Gasteiger partial charge in [0, 0.05) is 24.4 Å². The Labute approximate surface area is 200 Å². The smallest absolute Gasteiger partial charge is 0.243 e. The van der Waals surface area contributed by atoms with Gasteiger partial charge in [-0.25, -0.2) is 0 Å². The molecule has 3 rings (SSSR count). The fourth-order valence-corrected chi connectivity index (χ4v) is 3.22. The second-order valence-electron chi connectivity index (χ2n) is 7.55. The highest BCUT2D eigenvalue weighted by Gasteiger charge is 2.08. The molecule has 0 spiro atoms. The first-order valence-corrected chi connectivity index (χ1v) is 11.4. The molecule has 0 saturated carbocycles. The van der Waals surface area contributed by atoms with E-state index in [4.69, 9.17) is 9.47 Å². The molecule has 34 heavy (non-hydrogen) atoms. The van der Waals surface area contributed by atoms with Gasteiger partial charge in [-0.3, -0.25) is 9.59 Å². The Balaban J connectivity index is 1.42. The molecule has 0 fully saturated rings. The van der Waals surface area contributed by atoms with E-state index in [1.807, 2.05) is 79.7 Å². The number of rotatable bonds is 13. The van der Waals surface area contributed by atoms with Crippen molar-refractivity contribution in [3.63, 3.8) is 0 Å². The summed E-state index contributed by atoms with van der Waals surface area (Å²) < 4.78 is 11.0. The summed E-state index contributed by atoms with van der Waals surface area (Å²) in [7, 11) is 0. The molecule has 0 unspecified atom stereocenters. The lowest BCUT2D eigenvalue weighted by Crippen LogP contribution is -2.22. The van der Waals surface area contributed by atoms with Crippen LogP contribution in [0.1, 0.15) is 18.9 Å². The zero-order chi connectivity index (χ0) is 24.0. The van der Waals surface area contributed by atoms with Crippen molar-refractivity contribution in [1.29, 1.82) is 0 Å². The molecular formula is C27H31N3O4. The zero-order valence-corrected chi connectivity index (χ0v) is 19.4. The minimum atomic E-state index is -0.195. The normalized spacial score (nSPS) is 10.4. The Bertz CT molecular complexity index is 1040. The maximum Gasteiger partial charge on any atom is 0.243 e. The highest BCUT2D eigenvalue weighted by molar-refractivity contribution is 5.95. The molecule has 3 aromatic carbocycles. The van der Waals surface area contributed by atoms with Gasteiger partial charge in [0.05, 0.1) is 18.8 Å². The number of hydrogen-bond acceptors (Lipinski definition) is 5. The predicted molar refractivity (Wildman–Crippen MR) is 135 cm³/mol. The molecule has 0 aliphatic heterocycles. The third-order valence-electron chi connectivity index (χ3n) is 4.96. The van der Waals surface area contributed by atoms with Crippen molar-refractivity contribution < 1.29 is 19.1 Å². The summed E-state index contributed by atoms with van der Waals surface area (Å²) in [4.78, 5) is 24.6. The summed E-state index contributed by atoms with van der Waals surface area (Å²) in [6.45, 7) is 3.56. The highest BCUT2D eigenvalue weighted by Crippen LogP contribution is 2.23. The molecular weight excluding hydrogens is 430 g/mol. The van der Waals surface area contributed by atoms with E-state index in [1.165, 1.54) is 0 Å². The maximum atomic E-state index is 12.4. The standard InChI is InChI=1S/C27H31N3O4/c1-2-33-18-19-34-25-11-7-6-10-24(25)30-27(32)20-28-22-13-15-23(16-14-22)29-26(31)17-12-21-8-4-3-5-9-21/h3-11,13-16,28H,2,12,17-20H2,1H3,(H,29,31)(H,30,32). The summed E-state index contributed by atoms with van der Waals surface area (Å²) in [6, 6.07) is 24.5. The largest absolute Gasteiger partial charge is 0.489 e. The first-order chi connectivity index (χ1) is 16.6. The number of carbonyl (C=O) groups is 2. The van der Waals surface area contributed by atoms with Crippen molar-refractivity contribution in [2.75, 3.05) is 42.3 Å². The van der Waals surface area contributed by atoms with Crippen LogP contribution in [0.5, 0.6) is 5.75 Å². The molecule has 0 aliphatic rings. The average molecular weight is 462 g/mol. The second-order valence-corrected chi connectivity index (χ2v) is 7.55. The summed E-state index contributed by atoms with van der Waals surface area (Å²) in [5.74, 6) is 0.369. The van der Waals surface area contributed by atoms with Crippen LogP contribution in [0.3, 0.4) is 0 Å². The van der Waals surface area contributed by atoms with Crippen LogP contribution in [0, 0.1) is 0 Å². The quantitative estimate of drug-likeness (QED) is 0.321. The Morgan fingerprint density at radius 2 is 1.47 bits per heavy atom. The lowest BCUT2D eigenvalue weighted by molar-refractivity contribution is -0.116. The second kappa shape index (κ2) is 13.6. The number of ether oxygens (including phenoxy) is 2. The number of amides is 2. The topological polar surface area (TPSA) is 88.7 Å². The van der Waals surface area contributed by atoms with Crippen LogP contribution >= 0.6 is 0 Å². The van der Waals surface area contributed by atoms with Crippen LogP contribution < -0.4 is 20.7 Å². The van der Waals surface area contributed by atoms with E-state index < -0.39 is 0 Å². The number of anilines is 3. The first-order valence-electron chi connectivity index (χ1n) is 11.4. The molecule has 2 amide bonds. The molecule has 0 saturated heterocycles. The van der Waals surface area contributed by atoms with Gasteiger partial charge in [-0.05, 0) is 55.3 Å². The summed E-state index contributed by atoms with van der Waals surface area (Å²) in [6.07, 6.45) is 1.11. The van der Waals surface area contributed by atoms with Gasteiger partial charge in [0.15, 0.2) is 0 Å². The van der Waals surface area contributed by atoms with E-state index in [-0.39, 0.29) is 18.4 Å². The van der Waals surface area contributed by atoms with Crippen LogP contribution in [-0.4, -0.2) is 38.2 Å². The van der Waals surface area contributed by atoms with Gasteiger partial charge < -0.3 is 25.4 Å². The van der Waals surface area contributed by atoms with Gasteiger partial charge in [0.25, 0.3) is 0 Å². The van der Waals surface area contributed by atoms with Crippen LogP contribution in [-0.2, 0) is 20.7 Å². The van der Waals surface area contributed by atoms with Gasteiger partial charge >= 0.3 is 0 Å². The summed E-state index contributed by atoms with van der Waals surface area (Å²) in [5.41, 5.74) is 3.24. The van der Waals surface area contributed by atoms with Gasteiger partial charge in [-0.15, -0.1) is 0 Å². The van der Waals surface area contributed by atoms with E-state index in [0.29, 0.717) is 49.8 Å². The molecule has 0 heterocycles. The molecule has 7 nitrogen and oxygen atoms in total. The zero-order valence-electron chi connectivity index (χ0n) is 19.4. The summed E-state index contributed by atoms with van der Waals surface area (Å²) >= 11 is 0. The average Bonchev–Trinajstić information content (AvgIpc) is 2.86. The van der Waals surface area contributed by atoms with Crippen LogP contribution in [0.25, 0.3) is 0 Å².